The molecule has 0 aromatic heterocycles. The van der Waals surface area contributed by atoms with Crippen molar-refractivity contribution in [1.82, 2.24) is 15.5 Å². The largest absolute Gasteiger partial charge is 0.372 e. The highest BCUT2D eigenvalue weighted by Crippen LogP contribution is 2.26. The summed E-state index contributed by atoms with van der Waals surface area (Å²) in [6.45, 7) is 5.72. The van der Waals surface area contributed by atoms with Gasteiger partial charge in [0.15, 0.2) is 0 Å². The van der Waals surface area contributed by atoms with Crippen LogP contribution in [-0.2, 0) is 0 Å². The second-order valence-electron chi connectivity index (χ2n) is 5.75. The van der Waals surface area contributed by atoms with Crippen LogP contribution in [0.15, 0.2) is 24.0 Å². The molecule has 0 bridgehead atoms. The van der Waals surface area contributed by atoms with Crippen molar-refractivity contribution in [3.8, 4) is 0 Å². The highest BCUT2D eigenvalue weighted by Gasteiger charge is 2.29. The van der Waals surface area contributed by atoms with Gasteiger partial charge in [-0.05, 0) is 50.8 Å². The molecular weight excluding hydrogens is 234 g/mol. The Morgan fingerprint density at radius 2 is 2.00 bits per heavy atom. The van der Waals surface area contributed by atoms with E-state index in [0.29, 0.717) is 6.04 Å². The molecule has 19 heavy (non-hydrogen) atoms. The molecule has 2 saturated heterocycles. The Labute approximate surface area is 118 Å². The molecule has 3 nitrogen and oxygen atoms in total. The molecule has 2 fully saturated rings. The fraction of sp³-hybridized carbons (Fsp3) is 0.750. The second kappa shape index (κ2) is 7.59. The summed E-state index contributed by atoms with van der Waals surface area (Å²) in [5.74, 6) is 2.15. The number of rotatable bonds is 4. The van der Waals surface area contributed by atoms with E-state index < -0.39 is 0 Å². The molecule has 0 spiro atoms. The third-order valence-corrected chi connectivity index (χ3v) is 4.40. The van der Waals surface area contributed by atoms with Gasteiger partial charge in [-0.25, -0.2) is 0 Å². The molecule has 1 atom stereocenters. The van der Waals surface area contributed by atoms with Crippen LogP contribution < -0.4 is 10.6 Å². The molecule has 0 saturated carbocycles. The van der Waals surface area contributed by atoms with Crippen molar-refractivity contribution < 1.29 is 0 Å². The van der Waals surface area contributed by atoms with Crippen LogP contribution in [0.3, 0.4) is 0 Å². The van der Waals surface area contributed by atoms with Gasteiger partial charge in [0.2, 0.25) is 0 Å². The van der Waals surface area contributed by atoms with E-state index in [9.17, 15) is 0 Å². The van der Waals surface area contributed by atoms with Gasteiger partial charge in [0, 0.05) is 19.6 Å². The van der Waals surface area contributed by atoms with Crippen molar-refractivity contribution in [1.29, 1.82) is 0 Å². The van der Waals surface area contributed by atoms with Gasteiger partial charge in [-0.1, -0.05) is 25.5 Å². The number of nitrogens with zero attached hydrogens (tertiary/aromatic N) is 1. The van der Waals surface area contributed by atoms with Gasteiger partial charge in [0.05, 0.1) is 0 Å². The molecule has 0 aliphatic carbocycles. The molecule has 2 N–H and O–H groups in total. The van der Waals surface area contributed by atoms with E-state index in [0.717, 1.165) is 12.5 Å². The van der Waals surface area contributed by atoms with Crippen LogP contribution in [0.25, 0.3) is 0 Å². The lowest BCUT2D eigenvalue weighted by Crippen LogP contribution is -2.49. The van der Waals surface area contributed by atoms with Crippen molar-refractivity contribution in [3.05, 3.63) is 24.0 Å². The van der Waals surface area contributed by atoms with E-state index in [2.05, 4.69) is 47.7 Å². The SMILES string of the molecule is CCC/C=C/C=C1NCC[C@@H](C2CCNCC2)N1C. The van der Waals surface area contributed by atoms with Crippen molar-refractivity contribution in [2.75, 3.05) is 26.7 Å². The third kappa shape index (κ3) is 4.00. The zero-order valence-electron chi connectivity index (χ0n) is 12.5. The fourth-order valence-electron chi connectivity index (χ4n) is 3.22. The number of allylic oxidation sites excluding steroid dienone is 3. The first-order valence-corrected chi connectivity index (χ1v) is 7.87. The predicted octanol–water partition coefficient (Wildman–Crippen LogP) is 2.48. The summed E-state index contributed by atoms with van der Waals surface area (Å²) in [6.07, 6.45) is 13.0. The minimum absolute atomic E-state index is 0.717. The van der Waals surface area contributed by atoms with Gasteiger partial charge < -0.3 is 15.5 Å². The minimum Gasteiger partial charge on any atom is -0.372 e. The lowest BCUT2D eigenvalue weighted by atomic mass is 9.86. The van der Waals surface area contributed by atoms with Crippen LogP contribution in [-0.4, -0.2) is 37.6 Å². The molecule has 2 heterocycles. The fourth-order valence-corrected chi connectivity index (χ4v) is 3.22. The van der Waals surface area contributed by atoms with Crippen LogP contribution >= 0.6 is 0 Å². The lowest BCUT2D eigenvalue weighted by molar-refractivity contribution is 0.142. The van der Waals surface area contributed by atoms with Crippen LogP contribution in [0.2, 0.25) is 0 Å². The third-order valence-electron chi connectivity index (χ3n) is 4.40. The van der Waals surface area contributed by atoms with Crippen molar-refractivity contribution in [2.24, 2.45) is 5.92 Å². The first-order chi connectivity index (χ1) is 9.33. The maximum atomic E-state index is 3.54. The van der Waals surface area contributed by atoms with Gasteiger partial charge >= 0.3 is 0 Å². The Bertz CT molecular complexity index is 316. The molecule has 108 valence electrons. The predicted molar refractivity (Wildman–Crippen MR) is 81.9 cm³/mol. The second-order valence-corrected chi connectivity index (χ2v) is 5.75. The number of piperidine rings is 1. The Kier molecular flexibility index (Phi) is 5.77. The average molecular weight is 263 g/mol. The van der Waals surface area contributed by atoms with Crippen LogP contribution in [0.1, 0.15) is 39.0 Å². The summed E-state index contributed by atoms with van der Waals surface area (Å²) >= 11 is 0. The first kappa shape index (κ1) is 14.4. The number of hydrogen-bond acceptors (Lipinski definition) is 3. The van der Waals surface area contributed by atoms with Gasteiger partial charge in [0.25, 0.3) is 0 Å². The van der Waals surface area contributed by atoms with E-state index in [1.807, 2.05) is 0 Å². The molecule has 3 heteroatoms. The molecule has 0 radical (unpaired) electrons. The van der Waals surface area contributed by atoms with Gasteiger partial charge in [0.1, 0.15) is 5.82 Å². The normalized spacial score (nSPS) is 28.0. The maximum Gasteiger partial charge on any atom is 0.101 e. The summed E-state index contributed by atoms with van der Waals surface area (Å²) in [6, 6.07) is 0.717. The highest BCUT2D eigenvalue weighted by atomic mass is 15.3. The van der Waals surface area contributed by atoms with E-state index in [-0.39, 0.29) is 0 Å². The van der Waals surface area contributed by atoms with Crippen molar-refractivity contribution in [2.45, 2.75) is 45.1 Å². The quantitative estimate of drug-likeness (QED) is 0.816. The van der Waals surface area contributed by atoms with E-state index in [1.165, 1.54) is 51.0 Å². The monoisotopic (exact) mass is 263 g/mol. The summed E-state index contributed by atoms with van der Waals surface area (Å²) in [4.78, 5) is 2.47. The molecule has 0 aromatic carbocycles. The smallest absolute Gasteiger partial charge is 0.101 e. The van der Waals surface area contributed by atoms with Gasteiger partial charge in [-0.15, -0.1) is 0 Å². The Hall–Kier alpha value is -0.960. The zero-order valence-corrected chi connectivity index (χ0v) is 12.5. The minimum atomic E-state index is 0.717. The molecule has 0 amide bonds. The Morgan fingerprint density at radius 1 is 1.21 bits per heavy atom. The van der Waals surface area contributed by atoms with E-state index in [1.54, 1.807) is 0 Å². The van der Waals surface area contributed by atoms with Crippen molar-refractivity contribution >= 4 is 0 Å². The lowest BCUT2D eigenvalue weighted by Gasteiger charge is -2.43. The number of nitrogens with one attached hydrogen (secondary N) is 2. The first-order valence-electron chi connectivity index (χ1n) is 7.87. The molecular formula is C16H29N3. The Morgan fingerprint density at radius 3 is 2.74 bits per heavy atom. The number of hydrogen-bond donors (Lipinski definition) is 2. The average Bonchev–Trinajstić information content (AvgIpc) is 2.46. The molecule has 0 aromatic rings. The molecule has 0 unspecified atom stereocenters. The highest BCUT2D eigenvalue weighted by molar-refractivity contribution is 5.13. The van der Waals surface area contributed by atoms with Gasteiger partial charge in [-0.2, -0.15) is 0 Å². The van der Waals surface area contributed by atoms with E-state index in [4.69, 9.17) is 0 Å². The molecule has 2 aliphatic heterocycles. The summed E-state index contributed by atoms with van der Waals surface area (Å²) < 4.78 is 0. The molecule has 2 rings (SSSR count). The summed E-state index contributed by atoms with van der Waals surface area (Å²) in [5.41, 5.74) is 0. The van der Waals surface area contributed by atoms with E-state index >= 15 is 0 Å². The van der Waals surface area contributed by atoms with Crippen molar-refractivity contribution in [3.63, 3.8) is 0 Å². The van der Waals surface area contributed by atoms with Crippen LogP contribution in [0.5, 0.6) is 0 Å². The standard InChI is InChI=1S/C16H29N3/c1-3-4-5-6-7-16-18-13-10-15(19(16)2)14-8-11-17-12-9-14/h5-7,14-15,17-18H,3-4,8-13H2,1-2H3/b6-5+,16-7?/t15-/m0/s1. The maximum absolute atomic E-state index is 3.54. The Balaban J connectivity index is 1.94. The van der Waals surface area contributed by atoms with Crippen LogP contribution in [0, 0.1) is 5.92 Å². The van der Waals surface area contributed by atoms with Gasteiger partial charge in [-0.3, -0.25) is 0 Å². The summed E-state index contributed by atoms with van der Waals surface area (Å²) in [5, 5.41) is 7.00. The number of unbranched alkanes of at least 4 members (excludes halogenated alkanes) is 1. The molecule has 2 aliphatic rings. The topological polar surface area (TPSA) is 27.3 Å². The zero-order chi connectivity index (χ0) is 13.5. The summed E-state index contributed by atoms with van der Waals surface area (Å²) in [7, 11) is 2.25. The van der Waals surface area contributed by atoms with Crippen LogP contribution in [0.4, 0.5) is 0 Å².